The Morgan fingerprint density at radius 1 is 1.59 bits per heavy atom. The molecule has 1 aliphatic heterocycles. The Kier molecular flexibility index (Phi) is 4.01. The summed E-state index contributed by atoms with van der Waals surface area (Å²) in [5.41, 5.74) is 7.79. The van der Waals surface area contributed by atoms with E-state index in [2.05, 4.69) is 33.8 Å². The van der Waals surface area contributed by atoms with Crippen LogP contribution in [0.4, 0.5) is 5.69 Å². The minimum absolute atomic E-state index is 0.242. The minimum Gasteiger partial charge on any atom is -0.389 e. The van der Waals surface area contributed by atoms with Gasteiger partial charge in [-0.2, -0.15) is 0 Å². The molecule has 1 unspecified atom stereocenters. The smallest absolute Gasteiger partial charge is 0.106 e. The van der Waals surface area contributed by atoms with Gasteiger partial charge in [-0.05, 0) is 25.1 Å². The van der Waals surface area contributed by atoms with Gasteiger partial charge in [0.25, 0.3) is 0 Å². The molecule has 92 valence electrons. The summed E-state index contributed by atoms with van der Waals surface area (Å²) in [6.07, 6.45) is 0.242. The fourth-order valence-corrected chi connectivity index (χ4v) is 2.54. The monoisotopic (exact) mass is 314 g/mol. The quantitative estimate of drug-likeness (QED) is 0.850. The van der Waals surface area contributed by atoms with Crippen molar-refractivity contribution in [2.45, 2.75) is 13.0 Å². The van der Waals surface area contributed by atoms with Gasteiger partial charge in [0.1, 0.15) is 4.99 Å². The lowest BCUT2D eigenvalue weighted by Gasteiger charge is -2.34. The molecule has 0 aromatic heterocycles. The van der Waals surface area contributed by atoms with Gasteiger partial charge in [-0.25, -0.2) is 0 Å². The van der Waals surface area contributed by atoms with Gasteiger partial charge in [0.05, 0.1) is 12.7 Å². The third kappa shape index (κ3) is 2.97. The number of benzene rings is 1. The van der Waals surface area contributed by atoms with Crippen molar-refractivity contribution in [3.05, 3.63) is 28.2 Å². The molecule has 1 heterocycles. The van der Waals surface area contributed by atoms with Crippen molar-refractivity contribution < 1.29 is 4.74 Å². The van der Waals surface area contributed by atoms with Gasteiger partial charge in [-0.3, -0.25) is 0 Å². The molecule has 0 spiro atoms. The molecule has 0 amide bonds. The van der Waals surface area contributed by atoms with Gasteiger partial charge in [0.2, 0.25) is 0 Å². The number of ether oxygens (including phenoxy) is 1. The predicted molar refractivity (Wildman–Crippen MR) is 77.7 cm³/mol. The van der Waals surface area contributed by atoms with Gasteiger partial charge >= 0.3 is 0 Å². The van der Waals surface area contributed by atoms with E-state index in [1.807, 2.05) is 12.1 Å². The molecule has 1 fully saturated rings. The normalized spacial score (nSPS) is 20.4. The first-order valence-electron chi connectivity index (χ1n) is 5.54. The van der Waals surface area contributed by atoms with Crippen molar-refractivity contribution in [1.29, 1.82) is 0 Å². The van der Waals surface area contributed by atoms with Crippen molar-refractivity contribution in [2.24, 2.45) is 5.73 Å². The van der Waals surface area contributed by atoms with Crippen molar-refractivity contribution in [3.63, 3.8) is 0 Å². The number of anilines is 1. The zero-order valence-corrected chi connectivity index (χ0v) is 12.1. The van der Waals surface area contributed by atoms with Crippen LogP contribution in [0.3, 0.4) is 0 Å². The van der Waals surface area contributed by atoms with Crippen LogP contribution < -0.4 is 10.6 Å². The number of morpholine rings is 1. The number of rotatable bonds is 2. The number of nitrogens with two attached hydrogens (primary N) is 1. The Labute approximate surface area is 115 Å². The fraction of sp³-hybridized carbons (Fsp3) is 0.417. The number of hydrogen-bond acceptors (Lipinski definition) is 3. The van der Waals surface area contributed by atoms with Crippen LogP contribution in [0.2, 0.25) is 0 Å². The van der Waals surface area contributed by atoms with Gasteiger partial charge in [0, 0.05) is 28.8 Å². The third-order valence-electron chi connectivity index (χ3n) is 2.81. The molecule has 1 atom stereocenters. The summed E-state index contributed by atoms with van der Waals surface area (Å²) >= 11 is 8.55. The van der Waals surface area contributed by atoms with E-state index in [0.717, 1.165) is 35.4 Å². The highest BCUT2D eigenvalue weighted by molar-refractivity contribution is 9.10. The Bertz CT molecular complexity index is 439. The largest absolute Gasteiger partial charge is 0.389 e. The molecular formula is C12H15BrN2OS. The van der Waals surface area contributed by atoms with Crippen LogP contribution in [0.25, 0.3) is 0 Å². The molecule has 5 heteroatoms. The zero-order valence-electron chi connectivity index (χ0n) is 9.65. The van der Waals surface area contributed by atoms with E-state index in [1.165, 1.54) is 0 Å². The molecule has 1 aromatic carbocycles. The van der Waals surface area contributed by atoms with Crippen LogP contribution in [0.5, 0.6) is 0 Å². The van der Waals surface area contributed by atoms with Crippen molar-refractivity contribution in [2.75, 3.05) is 24.6 Å². The third-order valence-corrected chi connectivity index (χ3v) is 3.52. The molecule has 0 saturated carbocycles. The number of nitrogens with zero attached hydrogens (tertiary/aromatic N) is 1. The van der Waals surface area contributed by atoms with Crippen LogP contribution in [0.1, 0.15) is 12.5 Å². The summed E-state index contributed by atoms with van der Waals surface area (Å²) in [6, 6.07) is 6.03. The Morgan fingerprint density at radius 3 is 3.00 bits per heavy atom. The van der Waals surface area contributed by atoms with Gasteiger partial charge in [0.15, 0.2) is 0 Å². The van der Waals surface area contributed by atoms with E-state index in [1.54, 1.807) is 0 Å². The van der Waals surface area contributed by atoms with E-state index in [0.29, 0.717) is 4.99 Å². The average Bonchev–Trinajstić information content (AvgIpc) is 2.28. The van der Waals surface area contributed by atoms with E-state index >= 15 is 0 Å². The lowest BCUT2D eigenvalue weighted by atomic mass is 10.1. The van der Waals surface area contributed by atoms with Crippen LogP contribution in [0.15, 0.2) is 22.7 Å². The van der Waals surface area contributed by atoms with Crippen molar-refractivity contribution >= 4 is 38.8 Å². The summed E-state index contributed by atoms with van der Waals surface area (Å²) in [5, 5.41) is 0. The predicted octanol–water partition coefficient (Wildman–Crippen LogP) is 2.31. The summed E-state index contributed by atoms with van der Waals surface area (Å²) in [6.45, 7) is 4.57. The van der Waals surface area contributed by atoms with Crippen molar-refractivity contribution in [3.8, 4) is 0 Å². The topological polar surface area (TPSA) is 38.5 Å². The lowest BCUT2D eigenvalue weighted by molar-refractivity contribution is 0.0532. The van der Waals surface area contributed by atoms with Crippen LogP contribution >= 0.6 is 28.1 Å². The number of halogens is 1. The maximum absolute atomic E-state index is 5.78. The highest BCUT2D eigenvalue weighted by Crippen LogP contribution is 2.26. The second kappa shape index (κ2) is 5.33. The molecule has 1 saturated heterocycles. The van der Waals surface area contributed by atoms with Crippen molar-refractivity contribution in [1.82, 2.24) is 0 Å². The first-order valence-corrected chi connectivity index (χ1v) is 6.74. The van der Waals surface area contributed by atoms with E-state index in [4.69, 9.17) is 22.7 Å². The minimum atomic E-state index is 0.242. The molecule has 1 aliphatic rings. The van der Waals surface area contributed by atoms with Gasteiger partial charge in [-0.15, -0.1) is 0 Å². The molecule has 0 aliphatic carbocycles. The van der Waals surface area contributed by atoms with E-state index < -0.39 is 0 Å². The highest BCUT2D eigenvalue weighted by atomic mass is 79.9. The molecule has 3 nitrogen and oxygen atoms in total. The molecule has 0 radical (unpaired) electrons. The summed E-state index contributed by atoms with van der Waals surface area (Å²) < 4.78 is 6.53. The lowest BCUT2D eigenvalue weighted by Crippen LogP contribution is -2.41. The van der Waals surface area contributed by atoms with E-state index in [-0.39, 0.29) is 6.10 Å². The number of hydrogen-bond donors (Lipinski definition) is 1. The maximum Gasteiger partial charge on any atom is 0.106 e. The standard InChI is InChI=1S/C12H15BrN2OS/c1-8-7-15(4-5-16-8)11-3-2-9(13)6-10(11)12(14)17/h2-3,6,8H,4-5,7H2,1H3,(H2,14,17). The second-order valence-corrected chi connectivity index (χ2v) is 5.51. The SMILES string of the molecule is CC1CN(c2ccc(Br)cc2C(N)=S)CCO1. The Morgan fingerprint density at radius 2 is 2.35 bits per heavy atom. The zero-order chi connectivity index (χ0) is 12.4. The molecular weight excluding hydrogens is 300 g/mol. The van der Waals surface area contributed by atoms with Crippen LogP contribution in [-0.2, 0) is 4.74 Å². The van der Waals surface area contributed by atoms with Gasteiger partial charge in [-0.1, -0.05) is 28.1 Å². The summed E-state index contributed by atoms with van der Waals surface area (Å²) in [7, 11) is 0. The summed E-state index contributed by atoms with van der Waals surface area (Å²) in [5.74, 6) is 0. The Balaban J connectivity index is 2.33. The highest BCUT2D eigenvalue weighted by Gasteiger charge is 2.20. The Hall–Kier alpha value is -0.650. The average molecular weight is 315 g/mol. The number of thiocarbonyl (C=S) groups is 1. The first kappa shape index (κ1) is 12.8. The van der Waals surface area contributed by atoms with E-state index in [9.17, 15) is 0 Å². The van der Waals surface area contributed by atoms with Crippen LogP contribution in [-0.4, -0.2) is 30.8 Å². The molecule has 1 aromatic rings. The van der Waals surface area contributed by atoms with Crippen LogP contribution in [0, 0.1) is 0 Å². The molecule has 2 rings (SSSR count). The fourth-order valence-electron chi connectivity index (χ4n) is 2.02. The molecule has 0 bridgehead atoms. The maximum atomic E-state index is 5.78. The first-order chi connectivity index (χ1) is 8.08. The molecule has 17 heavy (non-hydrogen) atoms. The second-order valence-electron chi connectivity index (χ2n) is 4.15. The summed E-state index contributed by atoms with van der Waals surface area (Å²) in [4.78, 5) is 2.70. The molecule has 2 N–H and O–H groups in total. The van der Waals surface area contributed by atoms with Gasteiger partial charge < -0.3 is 15.4 Å².